The first-order valence-corrected chi connectivity index (χ1v) is 31.1. The SMILES string of the molecule is CC(=[OH+])C=C(C)O.Cc1nc2c(ccc3ccc[c-]c32)s1.Cc1nc2c(ccc3ccc[c-]c32)s1.Cc1nc2c(ccc3ccc[c-]c32)s1.Cc1nc2c(ccc3ccc[c-]c32)s1.O=C(O)c1ccccn1.[Ir].[Ir].[Ir].[Ir].c1ccc(-c2n[n-]c(-c3ccccn3)n2)cc1. The predicted octanol–water partition coefficient (Wildman–Crippen LogP) is 18.2. The number of hydrogen-bond acceptors (Lipinski definition) is 14. The molecule has 476 valence electrons. The molecule has 93 heavy (non-hydrogen) atoms. The van der Waals surface area contributed by atoms with Crippen LogP contribution < -0.4 is 5.10 Å². The topological polar surface area (TPSA) is 196 Å². The van der Waals surface area contributed by atoms with Crippen molar-refractivity contribution in [2.45, 2.75) is 41.5 Å². The first kappa shape index (κ1) is 74.3. The van der Waals surface area contributed by atoms with Gasteiger partial charge in [-0.05, 0) is 70.3 Å². The van der Waals surface area contributed by atoms with E-state index in [2.05, 4.69) is 142 Å². The van der Waals surface area contributed by atoms with Crippen molar-refractivity contribution in [2.75, 3.05) is 0 Å². The molecule has 4 radical (unpaired) electrons. The normalized spacial score (nSPS) is 10.4. The summed E-state index contributed by atoms with van der Waals surface area (Å²) in [6, 6.07) is 74.4. The Balaban J connectivity index is 0.000000173. The van der Waals surface area contributed by atoms with Gasteiger partial charge in [0.2, 0.25) is 0 Å². The van der Waals surface area contributed by atoms with Gasteiger partial charge in [-0.1, -0.05) is 91.0 Å². The van der Waals surface area contributed by atoms with Gasteiger partial charge in [-0.2, -0.15) is 0 Å². The molecule has 0 atom stereocenters. The summed E-state index contributed by atoms with van der Waals surface area (Å²) in [5.41, 5.74) is 6.13. The number of carboxylic acid groups (broad SMARTS) is 1. The van der Waals surface area contributed by atoms with E-state index in [-0.39, 0.29) is 97.7 Å². The minimum absolute atomic E-state index is 0. The van der Waals surface area contributed by atoms with Crippen LogP contribution in [0.3, 0.4) is 0 Å². The molecule has 9 aromatic carbocycles. The van der Waals surface area contributed by atoms with Gasteiger partial charge in [0, 0.05) is 134 Å². The molecule has 0 aliphatic rings. The van der Waals surface area contributed by atoms with Crippen LogP contribution in [0.4, 0.5) is 0 Å². The number of thiazole rings is 4. The number of hydrogen-bond donors (Lipinski definition) is 2. The van der Waals surface area contributed by atoms with Gasteiger partial charge < -0.3 is 20.3 Å². The molecule has 16 aromatic rings. The Morgan fingerprint density at radius 1 is 0.452 bits per heavy atom. The number of aryl methyl sites for hydroxylation is 4. The van der Waals surface area contributed by atoms with Crippen LogP contribution >= 0.6 is 45.3 Å². The summed E-state index contributed by atoms with van der Waals surface area (Å²) in [4.78, 5) is 48.8. The van der Waals surface area contributed by atoms with E-state index in [9.17, 15) is 4.79 Å². The Morgan fingerprint density at radius 2 is 0.817 bits per heavy atom. The second-order valence-corrected chi connectivity index (χ2v) is 24.5. The number of nitrogens with zero attached hydrogens (tertiary/aromatic N) is 9. The summed E-state index contributed by atoms with van der Waals surface area (Å²) >= 11 is 6.94. The Bertz CT molecular complexity index is 4600. The average Bonchev–Trinajstić information content (AvgIpc) is 1.75. The van der Waals surface area contributed by atoms with Gasteiger partial charge in [-0.3, -0.25) is 34.8 Å². The molecule has 0 unspecified atom stereocenters. The third kappa shape index (κ3) is 19.9. The number of pyridine rings is 2. The average molecular weight is 2010 g/mol. The molecule has 16 rings (SSSR count). The van der Waals surface area contributed by atoms with E-state index in [1.807, 2.05) is 125 Å². The van der Waals surface area contributed by atoms with E-state index in [1.54, 1.807) is 63.7 Å². The molecule has 7 heterocycles. The van der Waals surface area contributed by atoms with Crippen molar-refractivity contribution >= 4 is 141 Å². The fraction of sp³-hybridized carbons (Fsp3) is 0.0833. The van der Waals surface area contributed by atoms with Gasteiger partial charge in [0.1, 0.15) is 5.69 Å². The summed E-state index contributed by atoms with van der Waals surface area (Å²) in [6.07, 6.45) is 4.44. The van der Waals surface area contributed by atoms with E-state index in [4.69, 9.17) is 15.0 Å². The summed E-state index contributed by atoms with van der Waals surface area (Å²) < 4.78 is 4.99. The molecule has 7 aromatic heterocycles. The van der Waals surface area contributed by atoms with Crippen LogP contribution in [-0.2, 0) is 80.4 Å². The van der Waals surface area contributed by atoms with Crippen molar-refractivity contribution in [1.82, 2.24) is 45.1 Å². The van der Waals surface area contributed by atoms with Gasteiger partial charge in [-0.15, -0.1) is 185 Å². The fourth-order valence-electron chi connectivity index (χ4n) is 9.12. The molecule has 0 aliphatic carbocycles. The number of ketones is 1. The molecule has 0 saturated carbocycles. The number of aliphatic hydroxyl groups excluding tert-OH is 1. The minimum atomic E-state index is -0.990. The van der Waals surface area contributed by atoms with Gasteiger partial charge in [0.05, 0.1) is 50.3 Å². The quantitative estimate of drug-likeness (QED) is 0.0733. The first-order chi connectivity index (χ1) is 43.2. The summed E-state index contributed by atoms with van der Waals surface area (Å²) in [6.45, 7) is 11.2. The molecule has 3 N–H and O–H groups in total. The number of benzene rings is 9. The van der Waals surface area contributed by atoms with Gasteiger partial charge >= 0.3 is 11.8 Å². The number of carboxylic acids is 1. The number of aromatic nitrogens is 9. The molecular formula is C72H55Ir4N9O4S4-4. The van der Waals surface area contributed by atoms with Crippen molar-refractivity contribution in [3.63, 3.8) is 0 Å². The maximum Gasteiger partial charge on any atom is 0.354 e. The second kappa shape index (κ2) is 36.1. The number of rotatable bonds is 4. The summed E-state index contributed by atoms with van der Waals surface area (Å²) in [7, 11) is 0. The van der Waals surface area contributed by atoms with Crippen LogP contribution in [0.1, 0.15) is 44.4 Å². The monoisotopic (exact) mass is 2010 g/mol. The van der Waals surface area contributed by atoms with Crippen LogP contribution in [0.2, 0.25) is 0 Å². The number of carbonyl (C=O) groups excluding carboxylic acids is 1. The fourth-order valence-corrected chi connectivity index (χ4v) is 12.5. The molecule has 0 bridgehead atoms. The van der Waals surface area contributed by atoms with Crippen LogP contribution in [-0.4, -0.2) is 66.7 Å². The molecule has 0 spiro atoms. The van der Waals surface area contributed by atoms with E-state index < -0.39 is 5.97 Å². The van der Waals surface area contributed by atoms with E-state index in [1.165, 1.54) is 72.5 Å². The van der Waals surface area contributed by atoms with E-state index in [0.29, 0.717) is 11.6 Å². The molecule has 0 saturated heterocycles. The maximum absolute atomic E-state index is 10.1. The van der Waals surface area contributed by atoms with Crippen molar-refractivity contribution in [2.24, 2.45) is 0 Å². The molecular weight excluding hydrogens is 1950 g/mol. The summed E-state index contributed by atoms with van der Waals surface area (Å²) in [5.74, 6) is 0.450. The van der Waals surface area contributed by atoms with E-state index in [0.717, 1.165) is 74.9 Å². The first-order valence-electron chi connectivity index (χ1n) is 27.8. The van der Waals surface area contributed by atoms with Crippen molar-refractivity contribution in [1.29, 1.82) is 0 Å². The van der Waals surface area contributed by atoms with Crippen LogP contribution in [0, 0.1) is 52.0 Å². The van der Waals surface area contributed by atoms with Crippen LogP contribution in [0.15, 0.2) is 212 Å². The standard InChI is InChI=1S/C13H9N4.4C12H8NS.C6H5NO2.C5H8O2.4Ir/c1-2-6-10(7-3-1)12-15-13(17-16-12)11-8-4-5-9-14-11;4*1-8-13-12-10-5-3-2-4-9(10)6-7-11(12)14-8;8-6(9)5-3-1-2-4-7-5;1-4(6)3-5(2)7;;;;/h1-9H;4*2-4,6-7H,1H3;1-4H,(H,8,9);3,6H,1-2H3;;;;/q5*-1;;;;;;/p+1. The van der Waals surface area contributed by atoms with Crippen molar-refractivity contribution in [3.8, 4) is 22.9 Å². The number of allylic oxidation sites excluding steroid dienone is 2. The number of fused-ring (bicyclic) bond motifs is 12. The maximum atomic E-state index is 10.1. The van der Waals surface area contributed by atoms with Crippen molar-refractivity contribution < 1.29 is 100 Å². The Labute approximate surface area is 607 Å². The zero-order valence-electron chi connectivity index (χ0n) is 50.4. The molecule has 0 amide bonds. The third-order valence-electron chi connectivity index (χ3n) is 12.9. The van der Waals surface area contributed by atoms with Gasteiger partial charge in [0.15, 0.2) is 0 Å². The molecule has 13 nitrogen and oxygen atoms in total. The molecule has 0 fully saturated rings. The van der Waals surface area contributed by atoms with Gasteiger partial charge in [-0.25, -0.2) is 9.78 Å². The number of aromatic carboxylic acids is 1. The number of carbonyl (C=O) groups is 1. The van der Waals surface area contributed by atoms with Crippen LogP contribution in [0.25, 0.3) is 107 Å². The van der Waals surface area contributed by atoms with E-state index >= 15 is 0 Å². The Hall–Kier alpha value is -7.70. The smallest absolute Gasteiger partial charge is 0.354 e. The largest absolute Gasteiger partial charge is 0.512 e. The zero-order valence-corrected chi connectivity index (χ0v) is 63.2. The Morgan fingerprint density at radius 3 is 1.12 bits per heavy atom. The molecule has 0 aliphatic heterocycles. The van der Waals surface area contributed by atoms with Crippen molar-refractivity contribution in [3.05, 3.63) is 262 Å². The molecule has 21 heteroatoms. The zero-order chi connectivity index (χ0) is 62.2. The Kier molecular flexibility index (Phi) is 28.9. The van der Waals surface area contributed by atoms with Crippen LogP contribution in [0.5, 0.6) is 0 Å². The van der Waals surface area contributed by atoms with Gasteiger partial charge in [0.25, 0.3) is 0 Å². The third-order valence-corrected chi connectivity index (χ3v) is 16.6. The predicted molar refractivity (Wildman–Crippen MR) is 367 cm³/mol. The summed E-state index contributed by atoms with van der Waals surface area (Å²) in [5, 5.41) is 38.7. The minimum Gasteiger partial charge on any atom is -0.512 e. The second-order valence-electron chi connectivity index (χ2n) is 19.6. The number of aliphatic hydroxyl groups is 1.